The van der Waals surface area contributed by atoms with E-state index in [-0.39, 0.29) is 12.5 Å². The van der Waals surface area contributed by atoms with Crippen LogP contribution in [0.25, 0.3) is 0 Å². The Morgan fingerprint density at radius 1 is 1.33 bits per heavy atom. The quantitative estimate of drug-likeness (QED) is 0.333. The molecule has 0 aliphatic heterocycles. The van der Waals surface area contributed by atoms with Gasteiger partial charge in [0, 0.05) is 5.56 Å². The second-order valence-corrected chi connectivity index (χ2v) is 3.24. The Hall–Kier alpha value is -2.37. The third-order valence-electron chi connectivity index (χ3n) is 1.90. The van der Waals surface area contributed by atoms with E-state index in [4.69, 9.17) is 0 Å². The third-order valence-corrected chi connectivity index (χ3v) is 1.90. The van der Waals surface area contributed by atoms with Gasteiger partial charge in [-0.2, -0.15) is 0 Å². The highest BCUT2D eigenvalue weighted by Crippen LogP contribution is 1.96. The maximum atomic E-state index is 11.5. The SMILES string of the molecule is CCOC(=O)CN=CNNC(=O)c1ccccc1. The van der Waals surface area contributed by atoms with Crippen molar-refractivity contribution < 1.29 is 14.3 Å². The second-order valence-electron chi connectivity index (χ2n) is 3.24. The largest absolute Gasteiger partial charge is 0.465 e. The van der Waals surface area contributed by atoms with Crippen molar-refractivity contribution in [1.29, 1.82) is 0 Å². The van der Waals surface area contributed by atoms with Crippen LogP contribution in [0.2, 0.25) is 0 Å². The summed E-state index contributed by atoms with van der Waals surface area (Å²) in [5.41, 5.74) is 5.43. The van der Waals surface area contributed by atoms with E-state index in [1.54, 1.807) is 31.2 Å². The van der Waals surface area contributed by atoms with Crippen LogP contribution in [0.15, 0.2) is 35.3 Å². The van der Waals surface area contributed by atoms with Crippen LogP contribution >= 0.6 is 0 Å². The number of amides is 1. The summed E-state index contributed by atoms with van der Waals surface area (Å²) in [6, 6.07) is 8.73. The topological polar surface area (TPSA) is 79.8 Å². The third kappa shape index (κ3) is 5.11. The fourth-order valence-electron chi connectivity index (χ4n) is 1.13. The Morgan fingerprint density at radius 3 is 2.72 bits per heavy atom. The molecule has 0 bridgehead atoms. The van der Waals surface area contributed by atoms with E-state index in [1.807, 2.05) is 6.07 Å². The van der Waals surface area contributed by atoms with Gasteiger partial charge in [0.1, 0.15) is 12.9 Å². The molecule has 96 valence electrons. The fraction of sp³-hybridized carbons (Fsp3) is 0.250. The van der Waals surface area contributed by atoms with Crippen LogP contribution in [0.5, 0.6) is 0 Å². The molecule has 0 radical (unpaired) electrons. The van der Waals surface area contributed by atoms with Crippen molar-refractivity contribution in [3.8, 4) is 0 Å². The zero-order valence-corrected chi connectivity index (χ0v) is 10.1. The summed E-state index contributed by atoms with van der Waals surface area (Å²) in [5.74, 6) is -0.692. The minimum Gasteiger partial charge on any atom is -0.465 e. The Kier molecular flexibility index (Phi) is 5.96. The molecule has 0 aliphatic rings. The molecule has 0 aliphatic carbocycles. The summed E-state index contributed by atoms with van der Waals surface area (Å²) in [6.07, 6.45) is 1.23. The average Bonchev–Trinajstić information content (AvgIpc) is 2.39. The van der Waals surface area contributed by atoms with Crippen LogP contribution in [0.1, 0.15) is 17.3 Å². The number of hydrogen-bond acceptors (Lipinski definition) is 4. The number of hydrogen-bond donors (Lipinski definition) is 2. The van der Waals surface area contributed by atoms with Gasteiger partial charge in [0.05, 0.1) is 6.61 Å². The smallest absolute Gasteiger partial charge is 0.327 e. The molecule has 0 saturated heterocycles. The average molecular weight is 249 g/mol. The van der Waals surface area contributed by atoms with Crippen LogP contribution < -0.4 is 10.9 Å². The van der Waals surface area contributed by atoms with Crippen molar-refractivity contribution in [2.75, 3.05) is 13.2 Å². The molecular weight excluding hydrogens is 234 g/mol. The van der Waals surface area contributed by atoms with Gasteiger partial charge in [0.15, 0.2) is 0 Å². The minimum atomic E-state index is -0.412. The highest BCUT2D eigenvalue weighted by atomic mass is 16.5. The molecule has 0 heterocycles. The molecule has 6 heteroatoms. The van der Waals surface area contributed by atoms with Crippen LogP contribution in [0.4, 0.5) is 0 Å². The number of carbonyl (C=O) groups is 2. The number of benzene rings is 1. The lowest BCUT2D eigenvalue weighted by molar-refractivity contribution is -0.141. The molecule has 0 aromatic heterocycles. The van der Waals surface area contributed by atoms with E-state index >= 15 is 0 Å². The molecule has 0 spiro atoms. The maximum Gasteiger partial charge on any atom is 0.327 e. The van der Waals surface area contributed by atoms with E-state index in [1.165, 1.54) is 6.34 Å². The van der Waals surface area contributed by atoms with E-state index in [0.29, 0.717) is 12.2 Å². The number of aliphatic imine (C=N–C) groups is 1. The minimum absolute atomic E-state index is 0.0813. The van der Waals surface area contributed by atoms with E-state index < -0.39 is 5.97 Å². The van der Waals surface area contributed by atoms with Gasteiger partial charge in [0.2, 0.25) is 0 Å². The van der Waals surface area contributed by atoms with Crippen molar-refractivity contribution >= 4 is 18.2 Å². The number of ether oxygens (including phenoxy) is 1. The number of hydrazine groups is 1. The van der Waals surface area contributed by atoms with Crippen molar-refractivity contribution in [3.05, 3.63) is 35.9 Å². The second kappa shape index (κ2) is 7.83. The molecule has 0 saturated carbocycles. The zero-order valence-electron chi connectivity index (χ0n) is 10.1. The Labute approximate surface area is 105 Å². The molecule has 0 fully saturated rings. The van der Waals surface area contributed by atoms with E-state index in [9.17, 15) is 9.59 Å². The lowest BCUT2D eigenvalue weighted by Crippen LogP contribution is -2.36. The zero-order chi connectivity index (χ0) is 13.2. The van der Waals surface area contributed by atoms with Gasteiger partial charge in [0.25, 0.3) is 5.91 Å². The summed E-state index contributed by atoms with van der Waals surface area (Å²) in [7, 11) is 0. The van der Waals surface area contributed by atoms with Crippen LogP contribution in [0, 0.1) is 0 Å². The summed E-state index contributed by atoms with van der Waals surface area (Å²) >= 11 is 0. The molecule has 0 atom stereocenters. The maximum absolute atomic E-state index is 11.5. The van der Waals surface area contributed by atoms with Crippen molar-refractivity contribution in [1.82, 2.24) is 10.9 Å². The number of nitrogens with zero attached hydrogens (tertiary/aromatic N) is 1. The van der Waals surface area contributed by atoms with Crippen LogP contribution in [-0.2, 0) is 9.53 Å². The summed E-state index contributed by atoms with van der Waals surface area (Å²) in [4.78, 5) is 26.2. The predicted molar refractivity (Wildman–Crippen MR) is 67.0 cm³/mol. The molecular formula is C12H15N3O3. The first-order valence-electron chi connectivity index (χ1n) is 5.49. The number of rotatable bonds is 6. The molecule has 18 heavy (non-hydrogen) atoms. The number of esters is 1. The Balaban J connectivity index is 2.24. The first-order valence-corrected chi connectivity index (χ1v) is 5.49. The molecule has 1 amide bonds. The van der Waals surface area contributed by atoms with Gasteiger partial charge < -0.3 is 4.74 Å². The van der Waals surface area contributed by atoms with Gasteiger partial charge in [-0.15, -0.1) is 0 Å². The van der Waals surface area contributed by atoms with Crippen LogP contribution in [0.3, 0.4) is 0 Å². The van der Waals surface area contributed by atoms with E-state index in [2.05, 4.69) is 20.6 Å². The van der Waals surface area contributed by atoms with Crippen molar-refractivity contribution in [3.63, 3.8) is 0 Å². The first kappa shape index (κ1) is 13.7. The van der Waals surface area contributed by atoms with Gasteiger partial charge in [-0.3, -0.25) is 25.4 Å². The molecule has 1 aromatic carbocycles. The summed E-state index contributed by atoms with van der Waals surface area (Å²) < 4.78 is 4.67. The van der Waals surface area contributed by atoms with Crippen molar-refractivity contribution in [2.45, 2.75) is 6.92 Å². The van der Waals surface area contributed by atoms with Crippen LogP contribution in [-0.4, -0.2) is 31.4 Å². The molecule has 1 rings (SSSR count). The Morgan fingerprint density at radius 2 is 2.06 bits per heavy atom. The highest BCUT2D eigenvalue weighted by Gasteiger charge is 2.01. The van der Waals surface area contributed by atoms with E-state index in [0.717, 1.165) is 0 Å². The Bertz CT molecular complexity index is 418. The first-order chi connectivity index (χ1) is 8.74. The monoisotopic (exact) mass is 249 g/mol. The normalized spacial score (nSPS) is 10.1. The highest BCUT2D eigenvalue weighted by molar-refractivity contribution is 5.94. The fourth-order valence-corrected chi connectivity index (χ4v) is 1.13. The lowest BCUT2D eigenvalue weighted by atomic mass is 10.2. The lowest BCUT2D eigenvalue weighted by Gasteiger charge is -2.03. The van der Waals surface area contributed by atoms with Crippen molar-refractivity contribution in [2.24, 2.45) is 4.99 Å². The summed E-state index contributed by atoms with van der Waals surface area (Å²) in [5, 5.41) is 0. The molecule has 2 N–H and O–H groups in total. The molecule has 6 nitrogen and oxygen atoms in total. The number of nitrogens with one attached hydrogen (secondary N) is 2. The predicted octanol–water partition coefficient (Wildman–Crippen LogP) is 0.512. The van der Waals surface area contributed by atoms with Gasteiger partial charge in [-0.05, 0) is 19.1 Å². The van der Waals surface area contributed by atoms with Gasteiger partial charge in [-0.1, -0.05) is 18.2 Å². The van der Waals surface area contributed by atoms with Gasteiger partial charge >= 0.3 is 5.97 Å². The molecule has 0 unspecified atom stereocenters. The van der Waals surface area contributed by atoms with Gasteiger partial charge in [-0.25, -0.2) is 0 Å². The standard InChI is InChI=1S/C12H15N3O3/c1-2-18-11(16)8-13-9-14-15-12(17)10-6-4-3-5-7-10/h3-7,9H,2,8H2,1H3,(H,13,14)(H,15,17). The summed E-state index contributed by atoms with van der Waals surface area (Å²) in [6.45, 7) is 1.97. The molecule has 1 aromatic rings. The number of carbonyl (C=O) groups excluding carboxylic acids is 2.